The maximum Gasteiger partial charge on any atom is 0.0976 e. The van der Waals surface area contributed by atoms with Gasteiger partial charge in [-0.1, -0.05) is 35.9 Å². The summed E-state index contributed by atoms with van der Waals surface area (Å²) in [5, 5.41) is 14.0. The Kier molecular flexibility index (Phi) is 4.46. The van der Waals surface area contributed by atoms with Crippen LogP contribution in [0, 0.1) is 13.8 Å². The highest BCUT2D eigenvalue weighted by Crippen LogP contribution is 2.23. The second-order valence-corrected chi connectivity index (χ2v) is 5.20. The van der Waals surface area contributed by atoms with Gasteiger partial charge in [0.25, 0.3) is 0 Å². The number of hydrogen-bond donors (Lipinski definition) is 2. The molecule has 0 aliphatic rings. The fourth-order valence-corrected chi connectivity index (χ4v) is 2.41. The molecule has 0 heterocycles. The fourth-order valence-electron chi connectivity index (χ4n) is 2.15. The van der Waals surface area contributed by atoms with E-state index >= 15 is 0 Å². The fraction of sp³-hybridized carbons (Fsp3) is 0.250. The van der Waals surface area contributed by atoms with E-state index in [0.29, 0.717) is 11.6 Å². The molecule has 1 atom stereocenters. The van der Waals surface area contributed by atoms with E-state index in [0.717, 1.165) is 11.3 Å². The Morgan fingerprint density at radius 1 is 1.11 bits per heavy atom. The Morgan fingerprint density at radius 3 is 2.37 bits per heavy atom. The van der Waals surface area contributed by atoms with Crippen molar-refractivity contribution in [2.45, 2.75) is 20.0 Å². The van der Waals surface area contributed by atoms with Gasteiger partial charge in [0, 0.05) is 22.8 Å². The minimum Gasteiger partial charge on any atom is -0.387 e. The van der Waals surface area contributed by atoms with Gasteiger partial charge in [-0.3, -0.25) is 0 Å². The molecule has 0 aliphatic heterocycles. The van der Waals surface area contributed by atoms with Crippen LogP contribution in [0.5, 0.6) is 0 Å². The molecule has 0 amide bonds. The number of nitrogens with one attached hydrogen (secondary N) is 1. The molecule has 19 heavy (non-hydrogen) atoms. The average Bonchev–Trinajstić information content (AvgIpc) is 2.35. The van der Waals surface area contributed by atoms with Crippen molar-refractivity contribution < 1.29 is 5.11 Å². The Bertz CT molecular complexity index is 548. The summed E-state index contributed by atoms with van der Waals surface area (Å²) in [6.45, 7) is 4.55. The van der Waals surface area contributed by atoms with Crippen LogP contribution >= 0.6 is 11.6 Å². The first-order valence-electron chi connectivity index (χ1n) is 6.31. The number of halogens is 1. The summed E-state index contributed by atoms with van der Waals surface area (Å²) in [5.74, 6) is 0. The molecule has 2 N–H and O–H groups in total. The van der Waals surface area contributed by atoms with Crippen molar-refractivity contribution in [1.29, 1.82) is 0 Å². The predicted molar refractivity (Wildman–Crippen MR) is 80.8 cm³/mol. The number of aliphatic hydroxyl groups is 1. The summed E-state index contributed by atoms with van der Waals surface area (Å²) in [6.07, 6.45) is -0.616. The largest absolute Gasteiger partial charge is 0.387 e. The molecule has 0 spiro atoms. The normalized spacial score (nSPS) is 12.2. The van der Waals surface area contributed by atoms with E-state index in [1.54, 1.807) is 6.07 Å². The number of aliphatic hydroxyl groups excluding tert-OH is 1. The highest BCUT2D eigenvalue weighted by molar-refractivity contribution is 6.31. The highest BCUT2D eigenvalue weighted by Gasteiger charge is 2.10. The number of benzene rings is 2. The lowest BCUT2D eigenvalue weighted by molar-refractivity contribution is 0.192. The number of hydrogen-bond acceptors (Lipinski definition) is 2. The second kappa shape index (κ2) is 6.09. The van der Waals surface area contributed by atoms with Crippen molar-refractivity contribution in [2.24, 2.45) is 0 Å². The zero-order valence-electron chi connectivity index (χ0n) is 11.2. The molecule has 3 heteroatoms. The second-order valence-electron chi connectivity index (χ2n) is 4.79. The van der Waals surface area contributed by atoms with Gasteiger partial charge in [0.2, 0.25) is 0 Å². The van der Waals surface area contributed by atoms with Crippen LogP contribution in [0.1, 0.15) is 22.8 Å². The van der Waals surface area contributed by atoms with Crippen LogP contribution in [0.2, 0.25) is 5.02 Å². The molecular weight excluding hydrogens is 258 g/mol. The molecule has 100 valence electrons. The monoisotopic (exact) mass is 275 g/mol. The van der Waals surface area contributed by atoms with Crippen molar-refractivity contribution in [3.8, 4) is 0 Å². The van der Waals surface area contributed by atoms with Crippen molar-refractivity contribution in [1.82, 2.24) is 0 Å². The predicted octanol–water partition coefficient (Wildman–Crippen LogP) is 4.10. The third-order valence-electron chi connectivity index (χ3n) is 2.99. The smallest absolute Gasteiger partial charge is 0.0976 e. The van der Waals surface area contributed by atoms with Gasteiger partial charge in [0.15, 0.2) is 0 Å². The molecule has 0 bridgehead atoms. The molecule has 2 aromatic carbocycles. The standard InChI is InChI=1S/C16H18ClNO/c1-11-7-12(2)9-13(8-11)18-10-16(19)14-5-3-4-6-15(14)17/h3-9,16,18-19H,10H2,1-2H3. The molecule has 2 nitrogen and oxygen atoms in total. The van der Waals surface area contributed by atoms with E-state index < -0.39 is 6.10 Å². The van der Waals surface area contributed by atoms with Crippen LogP contribution in [-0.2, 0) is 0 Å². The van der Waals surface area contributed by atoms with Gasteiger partial charge in [-0.2, -0.15) is 0 Å². The van der Waals surface area contributed by atoms with E-state index in [2.05, 4.69) is 37.4 Å². The number of anilines is 1. The Hall–Kier alpha value is -1.51. The molecule has 0 aromatic heterocycles. The lowest BCUT2D eigenvalue weighted by Gasteiger charge is -2.15. The summed E-state index contributed by atoms with van der Waals surface area (Å²) < 4.78 is 0. The van der Waals surface area contributed by atoms with Gasteiger partial charge in [-0.15, -0.1) is 0 Å². The minimum atomic E-state index is -0.616. The third-order valence-corrected chi connectivity index (χ3v) is 3.33. The molecule has 2 rings (SSSR count). The van der Waals surface area contributed by atoms with Gasteiger partial charge >= 0.3 is 0 Å². The number of rotatable bonds is 4. The quantitative estimate of drug-likeness (QED) is 0.880. The number of aryl methyl sites for hydroxylation is 2. The van der Waals surface area contributed by atoms with Gasteiger partial charge in [0.05, 0.1) is 6.10 Å². The van der Waals surface area contributed by atoms with Crippen molar-refractivity contribution in [3.63, 3.8) is 0 Å². The van der Waals surface area contributed by atoms with Crippen LogP contribution in [0.25, 0.3) is 0 Å². The molecule has 1 unspecified atom stereocenters. The lowest BCUT2D eigenvalue weighted by atomic mass is 10.1. The summed E-state index contributed by atoms with van der Waals surface area (Å²) in [5.41, 5.74) is 4.18. The third kappa shape index (κ3) is 3.72. The van der Waals surface area contributed by atoms with E-state index in [1.807, 2.05) is 18.2 Å². The molecule has 0 radical (unpaired) electrons. The highest BCUT2D eigenvalue weighted by atomic mass is 35.5. The average molecular weight is 276 g/mol. The van der Waals surface area contributed by atoms with Crippen molar-refractivity contribution in [2.75, 3.05) is 11.9 Å². The maximum absolute atomic E-state index is 10.2. The summed E-state index contributed by atoms with van der Waals surface area (Å²) in [7, 11) is 0. The van der Waals surface area contributed by atoms with E-state index in [4.69, 9.17) is 11.6 Å². The Labute approximate surface area is 119 Å². The van der Waals surface area contributed by atoms with Gasteiger partial charge < -0.3 is 10.4 Å². The summed E-state index contributed by atoms with van der Waals surface area (Å²) in [6, 6.07) is 13.6. The minimum absolute atomic E-state index is 0.437. The van der Waals surface area contributed by atoms with Crippen molar-refractivity contribution in [3.05, 3.63) is 64.2 Å². The Morgan fingerprint density at radius 2 is 1.74 bits per heavy atom. The molecule has 0 fully saturated rings. The van der Waals surface area contributed by atoms with Crippen LogP contribution in [0.15, 0.2) is 42.5 Å². The summed E-state index contributed by atoms with van der Waals surface area (Å²) >= 11 is 6.06. The molecule has 0 aliphatic carbocycles. The zero-order valence-corrected chi connectivity index (χ0v) is 11.9. The maximum atomic E-state index is 10.2. The van der Waals surface area contributed by atoms with E-state index in [-0.39, 0.29) is 0 Å². The van der Waals surface area contributed by atoms with Crippen LogP contribution < -0.4 is 5.32 Å². The van der Waals surface area contributed by atoms with Gasteiger partial charge in [-0.05, 0) is 43.2 Å². The van der Waals surface area contributed by atoms with Crippen LogP contribution in [0.3, 0.4) is 0 Å². The molecule has 0 saturated carbocycles. The van der Waals surface area contributed by atoms with Crippen molar-refractivity contribution >= 4 is 17.3 Å². The van der Waals surface area contributed by atoms with Crippen LogP contribution in [-0.4, -0.2) is 11.7 Å². The lowest BCUT2D eigenvalue weighted by Crippen LogP contribution is -2.12. The van der Waals surface area contributed by atoms with E-state index in [1.165, 1.54) is 11.1 Å². The zero-order chi connectivity index (χ0) is 13.8. The van der Waals surface area contributed by atoms with E-state index in [9.17, 15) is 5.11 Å². The first-order chi connectivity index (χ1) is 9.06. The summed E-state index contributed by atoms with van der Waals surface area (Å²) in [4.78, 5) is 0. The van der Waals surface area contributed by atoms with Crippen LogP contribution in [0.4, 0.5) is 5.69 Å². The first kappa shape index (κ1) is 13.9. The van der Waals surface area contributed by atoms with Gasteiger partial charge in [-0.25, -0.2) is 0 Å². The molecule has 2 aromatic rings. The van der Waals surface area contributed by atoms with Gasteiger partial charge in [0.1, 0.15) is 0 Å². The Balaban J connectivity index is 2.04. The topological polar surface area (TPSA) is 32.3 Å². The first-order valence-corrected chi connectivity index (χ1v) is 6.69. The molecular formula is C16H18ClNO. The SMILES string of the molecule is Cc1cc(C)cc(NCC(O)c2ccccc2Cl)c1. The molecule has 0 saturated heterocycles.